The summed E-state index contributed by atoms with van der Waals surface area (Å²) in [5.41, 5.74) is 6.93. The standard InChI is InChI=1S/C16H23ClN2O/c17-14-9-5-4-8-13(14)11-19-16(20)15(18)10-12-6-2-1-3-7-12/h4-5,8-9,12,15H,1-3,6-7,10-11,18H2,(H,19,20). The molecule has 1 aromatic rings. The average Bonchev–Trinajstić information content (AvgIpc) is 2.47. The van der Waals surface area contributed by atoms with E-state index < -0.39 is 6.04 Å². The molecular formula is C16H23ClN2O. The summed E-state index contributed by atoms with van der Waals surface area (Å²) in [5.74, 6) is 0.542. The van der Waals surface area contributed by atoms with Crippen molar-refractivity contribution >= 4 is 17.5 Å². The molecule has 1 atom stereocenters. The molecule has 1 aliphatic carbocycles. The van der Waals surface area contributed by atoms with Crippen LogP contribution in [0.1, 0.15) is 44.1 Å². The van der Waals surface area contributed by atoms with Crippen LogP contribution < -0.4 is 11.1 Å². The molecule has 110 valence electrons. The summed E-state index contributed by atoms with van der Waals surface area (Å²) in [6, 6.07) is 7.12. The predicted octanol–water partition coefficient (Wildman–Crippen LogP) is 3.25. The van der Waals surface area contributed by atoms with Gasteiger partial charge in [-0.05, 0) is 24.0 Å². The minimum absolute atomic E-state index is 0.0736. The van der Waals surface area contributed by atoms with E-state index in [0.29, 0.717) is 17.5 Å². The van der Waals surface area contributed by atoms with Gasteiger partial charge in [-0.25, -0.2) is 0 Å². The Balaban J connectivity index is 1.77. The number of hydrogen-bond acceptors (Lipinski definition) is 2. The van der Waals surface area contributed by atoms with E-state index in [-0.39, 0.29) is 5.91 Å². The largest absolute Gasteiger partial charge is 0.351 e. The van der Waals surface area contributed by atoms with E-state index in [9.17, 15) is 4.79 Å². The van der Waals surface area contributed by atoms with Crippen molar-refractivity contribution in [2.45, 2.75) is 51.1 Å². The highest BCUT2D eigenvalue weighted by Gasteiger charge is 2.21. The molecule has 1 saturated carbocycles. The summed E-state index contributed by atoms with van der Waals surface area (Å²) in [4.78, 5) is 12.0. The number of rotatable bonds is 5. The van der Waals surface area contributed by atoms with Gasteiger partial charge in [0.25, 0.3) is 0 Å². The van der Waals surface area contributed by atoms with Gasteiger partial charge < -0.3 is 11.1 Å². The quantitative estimate of drug-likeness (QED) is 0.876. The molecule has 0 bridgehead atoms. The smallest absolute Gasteiger partial charge is 0.237 e. The maximum absolute atomic E-state index is 12.0. The third-order valence-electron chi connectivity index (χ3n) is 4.06. The van der Waals surface area contributed by atoms with Gasteiger partial charge in [0.1, 0.15) is 0 Å². The Hall–Kier alpha value is -1.06. The van der Waals surface area contributed by atoms with Crippen molar-refractivity contribution in [3.63, 3.8) is 0 Å². The van der Waals surface area contributed by atoms with Crippen LogP contribution in [0, 0.1) is 5.92 Å². The van der Waals surface area contributed by atoms with Gasteiger partial charge in [0.05, 0.1) is 6.04 Å². The summed E-state index contributed by atoms with van der Waals surface area (Å²) in [6.07, 6.45) is 7.10. The molecule has 0 aliphatic heterocycles. The molecule has 0 radical (unpaired) electrons. The minimum Gasteiger partial charge on any atom is -0.351 e. The van der Waals surface area contributed by atoms with Crippen molar-refractivity contribution in [2.24, 2.45) is 11.7 Å². The molecule has 0 heterocycles. The Morgan fingerprint density at radius 2 is 2.00 bits per heavy atom. The molecule has 1 unspecified atom stereocenters. The van der Waals surface area contributed by atoms with E-state index in [1.807, 2.05) is 24.3 Å². The van der Waals surface area contributed by atoms with E-state index in [2.05, 4.69) is 5.32 Å². The first-order chi connectivity index (χ1) is 9.66. The highest BCUT2D eigenvalue weighted by atomic mass is 35.5. The zero-order valence-corrected chi connectivity index (χ0v) is 12.5. The van der Waals surface area contributed by atoms with Crippen molar-refractivity contribution in [2.75, 3.05) is 0 Å². The van der Waals surface area contributed by atoms with Crippen LogP contribution in [0.2, 0.25) is 5.02 Å². The fourth-order valence-corrected chi connectivity index (χ4v) is 3.05. The highest BCUT2D eigenvalue weighted by molar-refractivity contribution is 6.31. The molecule has 3 nitrogen and oxygen atoms in total. The zero-order valence-electron chi connectivity index (χ0n) is 11.8. The molecule has 1 aromatic carbocycles. The Bertz CT molecular complexity index is 444. The van der Waals surface area contributed by atoms with E-state index in [4.69, 9.17) is 17.3 Å². The van der Waals surface area contributed by atoms with Crippen molar-refractivity contribution < 1.29 is 4.79 Å². The number of nitrogens with one attached hydrogen (secondary N) is 1. The molecule has 0 aromatic heterocycles. The monoisotopic (exact) mass is 294 g/mol. The summed E-state index contributed by atoms with van der Waals surface area (Å²) < 4.78 is 0. The van der Waals surface area contributed by atoms with Crippen LogP contribution in [0.25, 0.3) is 0 Å². The molecule has 0 spiro atoms. The molecule has 1 fully saturated rings. The van der Waals surface area contributed by atoms with Gasteiger partial charge in [0.15, 0.2) is 0 Å². The summed E-state index contributed by atoms with van der Waals surface area (Å²) in [7, 11) is 0. The molecular weight excluding hydrogens is 272 g/mol. The van der Waals surface area contributed by atoms with Gasteiger partial charge in [0, 0.05) is 11.6 Å². The first-order valence-electron chi connectivity index (χ1n) is 7.43. The van der Waals surface area contributed by atoms with Gasteiger partial charge in [0.2, 0.25) is 5.91 Å². The van der Waals surface area contributed by atoms with E-state index in [1.165, 1.54) is 32.1 Å². The summed E-state index contributed by atoms with van der Waals surface area (Å²) >= 11 is 6.06. The molecule has 1 aliphatic rings. The topological polar surface area (TPSA) is 55.1 Å². The lowest BCUT2D eigenvalue weighted by Gasteiger charge is -2.24. The lowest BCUT2D eigenvalue weighted by Crippen LogP contribution is -2.41. The number of halogens is 1. The number of benzene rings is 1. The SMILES string of the molecule is NC(CC1CCCCC1)C(=O)NCc1ccccc1Cl. The molecule has 3 N–H and O–H groups in total. The lowest BCUT2D eigenvalue weighted by atomic mass is 9.85. The summed E-state index contributed by atoms with van der Waals surface area (Å²) in [5, 5.41) is 3.56. The van der Waals surface area contributed by atoms with Crippen LogP contribution in [0.15, 0.2) is 24.3 Å². The fourth-order valence-electron chi connectivity index (χ4n) is 2.84. The van der Waals surface area contributed by atoms with Gasteiger partial charge in [-0.15, -0.1) is 0 Å². The predicted molar refractivity (Wildman–Crippen MR) is 82.5 cm³/mol. The Morgan fingerprint density at radius 3 is 2.70 bits per heavy atom. The van der Waals surface area contributed by atoms with Gasteiger partial charge in [-0.2, -0.15) is 0 Å². The normalized spacial score (nSPS) is 17.7. The van der Waals surface area contributed by atoms with Crippen LogP contribution >= 0.6 is 11.6 Å². The summed E-state index contributed by atoms with van der Waals surface area (Å²) in [6.45, 7) is 0.441. The Kier molecular flexibility index (Phi) is 5.86. The molecule has 1 amide bonds. The third-order valence-corrected chi connectivity index (χ3v) is 4.43. The zero-order chi connectivity index (χ0) is 14.4. The fraction of sp³-hybridized carbons (Fsp3) is 0.562. The number of amides is 1. The number of carbonyl (C=O) groups is 1. The van der Waals surface area contributed by atoms with Crippen LogP contribution in [-0.4, -0.2) is 11.9 Å². The average molecular weight is 295 g/mol. The van der Waals surface area contributed by atoms with E-state index in [0.717, 1.165) is 12.0 Å². The second-order valence-corrected chi connectivity index (χ2v) is 6.06. The van der Waals surface area contributed by atoms with Gasteiger partial charge in [-0.1, -0.05) is 61.9 Å². The Labute approximate surface area is 125 Å². The number of hydrogen-bond donors (Lipinski definition) is 2. The van der Waals surface area contributed by atoms with Gasteiger partial charge in [-0.3, -0.25) is 4.79 Å². The second-order valence-electron chi connectivity index (χ2n) is 5.66. The van der Waals surface area contributed by atoms with Crippen molar-refractivity contribution in [1.29, 1.82) is 0 Å². The van der Waals surface area contributed by atoms with E-state index >= 15 is 0 Å². The maximum Gasteiger partial charge on any atom is 0.237 e. The van der Waals surface area contributed by atoms with E-state index in [1.54, 1.807) is 0 Å². The van der Waals surface area contributed by atoms with Gasteiger partial charge >= 0.3 is 0 Å². The Morgan fingerprint density at radius 1 is 1.30 bits per heavy atom. The van der Waals surface area contributed by atoms with Crippen molar-refractivity contribution in [3.05, 3.63) is 34.9 Å². The first-order valence-corrected chi connectivity index (χ1v) is 7.81. The molecule has 20 heavy (non-hydrogen) atoms. The maximum atomic E-state index is 12.0. The second kappa shape index (κ2) is 7.65. The van der Waals surface area contributed by atoms with Crippen LogP contribution in [0.3, 0.4) is 0 Å². The lowest BCUT2D eigenvalue weighted by molar-refractivity contribution is -0.122. The minimum atomic E-state index is -0.402. The highest BCUT2D eigenvalue weighted by Crippen LogP contribution is 2.27. The molecule has 4 heteroatoms. The third kappa shape index (κ3) is 4.50. The number of carbonyl (C=O) groups excluding carboxylic acids is 1. The first kappa shape index (κ1) is 15.3. The number of nitrogens with two attached hydrogens (primary N) is 1. The molecule has 2 rings (SSSR count). The van der Waals surface area contributed by atoms with Crippen LogP contribution in [0.4, 0.5) is 0 Å². The molecule has 0 saturated heterocycles. The van der Waals surface area contributed by atoms with Crippen molar-refractivity contribution in [3.8, 4) is 0 Å². The van der Waals surface area contributed by atoms with Crippen LogP contribution in [0.5, 0.6) is 0 Å². The van der Waals surface area contributed by atoms with Crippen LogP contribution in [-0.2, 0) is 11.3 Å². The van der Waals surface area contributed by atoms with Crippen molar-refractivity contribution in [1.82, 2.24) is 5.32 Å².